The van der Waals surface area contributed by atoms with E-state index in [4.69, 9.17) is 11.5 Å². The first kappa shape index (κ1) is 10.9. The molecule has 0 bridgehead atoms. The third-order valence-electron chi connectivity index (χ3n) is 2.87. The van der Waals surface area contributed by atoms with Crippen molar-refractivity contribution in [2.75, 3.05) is 24.6 Å². The minimum Gasteiger partial charge on any atom is -0.330 e. The molecular formula is C8H18N2O2S. The van der Waals surface area contributed by atoms with Gasteiger partial charge in [-0.25, -0.2) is 8.42 Å². The minimum atomic E-state index is -2.75. The molecule has 0 radical (unpaired) electrons. The van der Waals surface area contributed by atoms with Crippen LogP contribution in [0.15, 0.2) is 0 Å². The Labute approximate surface area is 79.6 Å². The molecule has 0 aromatic rings. The second kappa shape index (κ2) is 4.39. The van der Waals surface area contributed by atoms with Gasteiger partial charge in [-0.3, -0.25) is 0 Å². The number of nitrogens with two attached hydrogens (primary N) is 2. The lowest BCUT2D eigenvalue weighted by Gasteiger charge is -2.28. The molecule has 0 amide bonds. The van der Waals surface area contributed by atoms with E-state index in [0.29, 0.717) is 36.4 Å². The molecule has 13 heavy (non-hydrogen) atoms. The van der Waals surface area contributed by atoms with Gasteiger partial charge < -0.3 is 11.5 Å². The van der Waals surface area contributed by atoms with Gasteiger partial charge in [0.05, 0.1) is 11.5 Å². The molecule has 1 rings (SSSR count). The molecule has 0 unspecified atom stereocenters. The maximum atomic E-state index is 11.1. The van der Waals surface area contributed by atoms with Gasteiger partial charge in [-0.15, -0.1) is 0 Å². The first-order chi connectivity index (χ1) is 6.09. The van der Waals surface area contributed by atoms with Crippen LogP contribution in [0.5, 0.6) is 0 Å². The molecular weight excluding hydrogens is 188 g/mol. The molecule has 4 nitrogen and oxygen atoms in total. The lowest BCUT2D eigenvalue weighted by atomic mass is 9.87. The Morgan fingerprint density at radius 1 is 1.15 bits per heavy atom. The lowest BCUT2D eigenvalue weighted by Crippen LogP contribution is -2.35. The Morgan fingerprint density at radius 3 is 2.00 bits per heavy atom. The molecule has 1 saturated heterocycles. The fraction of sp³-hybridized carbons (Fsp3) is 1.00. The van der Waals surface area contributed by atoms with Gasteiger partial charge in [-0.2, -0.15) is 0 Å². The molecule has 5 heteroatoms. The molecule has 1 aliphatic heterocycles. The summed E-state index contributed by atoms with van der Waals surface area (Å²) in [6.07, 6.45) is 1.48. The van der Waals surface area contributed by atoms with Crippen molar-refractivity contribution in [2.24, 2.45) is 23.3 Å². The number of hydrogen-bond donors (Lipinski definition) is 2. The molecule has 0 aromatic carbocycles. The van der Waals surface area contributed by atoms with E-state index in [1.165, 1.54) is 0 Å². The Bertz CT molecular complexity index is 233. The largest absolute Gasteiger partial charge is 0.330 e. The second-order valence-corrected chi connectivity index (χ2v) is 6.02. The van der Waals surface area contributed by atoms with Crippen molar-refractivity contribution in [3.8, 4) is 0 Å². The van der Waals surface area contributed by atoms with Gasteiger partial charge in [-0.05, 0) is 37.8 Å². The highest BCUT2D eigenvalue weighted by Crippen LogP contribution is 2.24. The number of sulfone groups is 1. The summed E-state index contributed by atoms with van der Waals surface area (Å²) in [6.45, 7) is 1.14. The van der Waals surface area contributed by atoms with Crippen LogP contribution in [0.1, 0.15) is 12.8 Å². The highest BCUT2D eigenvalue weighted by molar-refractivity contribution is 7.91. The standard InChI is InChI=1S/C8H18N2O2S/c9-5-8(6-10)7-1-3-13(11,12)4-2-7/h7-8H,1-6,9-10H2. The van der Waals surface area contributed by atoms with Crippen molar-refractivity contribution < 1.29 is 8.42 Å². The maximum absolute atomic E-state index is 11.1. The summed E-state index contributed by atoms with van der Waals surface area (Å²) in [5, 5.41) is 0. The quantitative estimate of drug-likeness (QED) is 0.642. The van der Waals surface area contributed by atoms with Crippen LogP contribution >= 0.6 is 0 Å². The third-order valence-corrected chi connectivity index (χ3v) is 4.59. The fourth-order valence-electron chi connectivity index (χ4n) is 1.86. The summed E-state index contributed by atoms with van der Waals surface area (Å²) in [6, 6.07) is 0. The normalized spacial score (nSPS) is 23.6. The van der Waals surface area contributed by atoms with Crippen molar-refractivity contribution >= 4 is 9.84 Å². The summed E-state index contributed by atoms with van der Waals surface area (Å²) in [5.41, 5.74) is 11.1. The van der Waals surface area contributed by atoms with E-state index in [1.54, 1.807) is 0 Å². The van der Waals surface area contributed by atoms with E-state index in [2.05, 4.69) is 0 Å². The smallest absolute Gasteiger partial charge is 0.150 e. The fourth-order valence-corrected chi connectivity index (χ4v) is 3.39. The van der Waals surface area contributed by atoms with Crippen LogP contribution < -0.4 is 11.5 Å². The Kier molecular flexibility index (Phi) is 3.70. The predicted octanol–water partition coefficient (Wildman–Crippen LogP) is -0.655. The van der Waals surface area contributed by atoms with Gasteiger partial charge in [0.2, 0.25) is 0 Å². The zero-order chi connectivity index (χ0) is 9.90. The van der Waals surface area contributed by atoms with Crippen molar-refractivity contribution in [3.05, 3.63) is 0 Å². The van der Waals surface area contributed by atoms with Crippen LogP contribution in [0.25, 0.3) is 0 Å². The Hall–Kier alpha value is -0.130. The highest BCUT2D eigenvalue weighted by atomic mass is 32.2. The minimum absolute atomic E-state index is 0.301. The van der Waals surface area contributed by atoms with Crippen molar-refractivity contribution in [2.45, 2.75) is 12.8 Å². The Balaban J connectivity index is 2.49. The van der Waals surface area contributed by atoms with E-state index in [1.807, 2.05) is 0 Å². The van der Waals surface area contributed by atoms with Gasteiger partial charge in [0.25, 0.3) is 0 Å². The zero-order valence-electron chi connectivity index (χ0n) is 7.78. The SMILES string of the molecule is NCC(CN)C1CCS(=O)(=O)CC1. The van der Waals surface area contributed by atoms with Gasteiger partial charge in [0, 0.05) is 0 Å². The summed E-state index contributed by atoms with van der Waals surface area (Å²) >= 11 is 0. The average Bonchev–Trinajstić information content (AvgIpc) is 2.09. The van der Waals surface area contributed by atoms with E-state index in [9.17, 15) is 8.42 Å². The van der Waals surface area contributed by atoms with Crippen LogP contribution in [0.2, 0.25) is 0 Å². The summed E-state index contributed by atoms with van der Waals surface area (Å²) < 4.78 is 22.3. The first-order valence-corrected chi connectivity index (χ1v) is 6.51. The molecule has 1 fully saturated rings. The zero-order valence-corrected chi connectivity index (χ0v) is 8.59. The molecule has 1 heterocycles. The first-order valence-electron chi connectivity index (χ1n) is 4.69. The lowest BCUT2D eigenvalue weighted by molar-refractivity contribution is 0.319. The Morgan fingerprint density at radius 2 is 1.62 bits per heavy atom. The van der Waals surface area contributed by atoms with Gasteiger partial charge in [0.15, 0.2) is 0 Å². The monoisotopic (exact) mass is 206 g/mol. The van der Waals surface area contributed by atoms with Gasteiger partial charge in [-0.1, -0.05) is 0 Å². The number of hydrogen-bond acceptors (Lipinski definition) is 4. The van der Waals surface area contributed by atoms with E-state index < -0.39 is 9.84 Å². The number of rotatable bonds is 3. The molecule has 0 spiro atoms. The molecule has 4 N–H and O–H groups in total. The van der Waals surface area contributed by atoms with Crippen LogP contribution in [-0.4, -0.2) is 33.0 Å². The van der Waals surface area contributed by atoms with Crippen LogP contribution in [0.3, 0.4) is 0 Å². The van der Waals surface area contributed by atoms with Gasteiger partial charge in [0.1, 0.15) is 9.84 Å². The van der Waals surface area contributed by atoms with Crippen LogP contribution in [0.4, 0.5) is 0 Å². The van der Waals surface area contributed by atoms with E-state index >= 15 is 0 Å². The summed E-state index contributed by atoms with van der Waals surface area (Å²) in [5.74, 6) is 1.34. The maximum Gasteiger partial charge on any atom is 0.150 e. The van der Waals surface area contributed by atoms with E-state index in [0.717, 1.165) is 12.8 Å². The van der Waals surface area contributed by atoms with E-state index in [-0.39, 0.29) is 0 Å². The van der Waals surface area contributed by atoms with Crippen LogP contribution in [0, 0.1) is 11.8 Å². The average molecular weight is 206 g/mol. The molecule has 0 saturated carbocycles. The molecule has 0 aromatic heterocycles. The van der Waals surface area contributed by atoms with Gasteiger partial charge >= 0.3 is 0 Å². The highest BCUT2D eigenvalue weighted by Gasteiger charge is 2.27. The summed E-state index contributed by atoms with van der Waals surface area (Å²) in [4.78, 5) is 0. The molecule has 1 aliphatic rings. The molecule has 0 atom stereocenters. The van der Waals surface area contributed by atoms with Crippen LogP contribution in [-0.2, 0) is 9.84 Å². The van der Waals surface area contributed by atoms with Crippen molar-refractivity contribution in [1.29, 1.82) is 0 Å². The second-order valence-electron chi connectivity index (χ2n) is 3.72. The molecule has 0 aliphatic carbocycles. The van der Waals surface area contributed by atoms with Crippen molar-refractivity contribution in [1.82, 2.24) is 0 Å². The van der Waals surface area contributed by atoms with Crippen molar-refractivity contribution in [3.63, 3.8) is 0 Å². The third kappa shape index (κ3) is 2.93. The predicted molar refractivity (Wildman–Crippen MR) is 53.0 cm³/mol. The molecule has 78 valence electrons. The topological polar surface area (TPSA) is 86.2 Å². The summed E-state index contributed by atoms with van der Waals surface area (Å²) in [7, 11) is -2.75.